The first-order valence-electron chi connectivity index (χ1n) is 8.79. The first-order chi connectivity index (χ1) is 12.0. The van der Waals surface area contributed by atoms with Crippen molar-refractivity contribution >= 4 is 5.97 Å². The zero-order chi connectivity index (χ0) is 18.0. The molecule has 0 bridgehead atoms. The SMILES string of the molecule is O=C(O)c1cc(C2CC2)c(OCC2CCC(CF)(CF)CC2)cc1F. The van der Waals surface area contributed by atoms with Crippen molar-refractivity contribution in [3.63, 3.8) is 0 Å². The molecular formula is C19H23F3O3. The van der Waals surface area contributed by atoms with Gasteiger partial charge < -0.3 is 9.84 Å². The Kier molecular flexibility index (Phi) is 5.25. The Bertz CT molecular complexity index is 629. The Morgan fingerprint density at radius 2 is 1.80 bits per heavy atom. The molecule has 2 aliphatic carbocycles. The van der Waals surface area contributed by atoms with Gasteiger partial charge in [0.25, 0.3) is 0 Å². The monoisotopic (exact) mass is 356 g/mol. The van der Waals surface area contributed by atoms with Crippen LogP contribution in [-0.2, 0) is 0 Å². The first-order valence-corrected chi connectivity index (χ1v) is 8.79. The molecule has 3 rings (SSSR count). The second-order valence-electron chi connectivity index (χ2n) is 7.47. The Balaban J connectivity index is 1.66. The number of alkyl halides is 2. The van der Waals surface area contributed by atoms with Crippen LogP contribution in [0.5, 0.6) is 5.75 Å². The highest BCUT2D eigenvalue weighted by atomic mass is 19.1. The summed E-state index contributed by atoms with van der Waals surface area (Å²) >= 11 is 0. The van der Waals surface area contributed by atoms with Crippen LogP contribution in [-0.4, -0.2) is 31.0 Å². The minimum atomic E-state index is -1.29. The summed E-state index contributed by atoms with van der Waals surface area (Å²) in [5.41, 5.74) is -0.413. The maximum atomic E-state index is 14.0. The second-order valence-corrected chi connectivity index (χ2v) is 7.47. The fourth-order valence-corrected chi connectivity index (χ4v) is 3.54. The van der Waals surface area contributed by atoms with Crippen molar-refractivity contribution in [2.45, 2.75) is 44.4 Å². The van der Waals surface area contributed by atoms with E-state index in [9.17, 15) is 18.0 Å². The number of hydrogen-bond acceptors (Lipinski definition) is 2. The maximum Gasteiger partial charge on any atom is 0.338 e. The second kappa shape index (κ2) is 7.26. The third-order valence-corrected chi connectivity index (χ3v) is 5.55. The minimum absolute atomic E-state index is 0.181. The Morgan fingerprint density at radius 1 is 1.16 bits per heavy atom. The molecule has 0 heterocycles. The van der Waals surface area contributed by atoms with Crippen molar-refractivity contribution in [3.8, 4) is 5.75 Å². The molecular weight excluding hydrogens is 333 g/mol. The summed E-state index contributed by atoms with van der Waals surface area (Å²) in [6.45, 7) is -0.907. The molecule has 0 aliphatic heterocycles. The van der Waals surface area contributed by atoms with E-state index in [0.717, 1.165) is 24.5 Å². The minimum Gasteiger partial charge on any atom is -0.493 e. The normalized spacial score (nSPS) is 20.4. The zero-order valence-corrected chi connectivity index (χ0v) is 14.1. The van der Waals surface area contributed by atoms with Crippen LogP contribution in [0, 0.1) is 17.2 Å². The van der Waals surface area contributed by atoms with Crippen molar-refractivity contribution in [1.82, 2.24) is 0 Å². The number of carbonyl (C=O) groups is 1. The smallest absolute Gasteiger partial charge is 0.338 e. The van der Waals surface area contributed by atoms with Gasteiger partial charge in [0, 0.05) is 11.5 Å². The number of carboxylic acid groups (broad SMARTS) is 1. The first kappa shape index (κ1) is 18.1. The largest absolute Gasteiger partial charge is 0.493 e. The van der Waals surface area contributed by atoms with Crippen LogP contribution in [0.15, 0.2) is 12.1 Å². The molecule has 0 amide bonds. The predicted octanol–water partition coefficient (Wildman–Crippen LogP) is 4.90. The lowest BCUT2D eigenvalue weighted by Crippen LogP contribution is -2.33. The Hall–Kier alpha value is -1.72. The third kappa shape index (κ3) is 3.93. The van der Waals surface area contributed by atoms with E-state index in [1.807, 2.05) is 0 Å². The molecule has 138 valence electrons. The predicted molar refractivity (Wildman–Crippen MR) is 87.2 cm³/mol. The highest BCUT2D eigenvalue weighted by molar-refractivity contribution is 5.88. The van der Waals surface area contributed by atoms with Gasteiger partial charge in [-0.3, -0.25) is 8.78 Å². The van der Waals surface area contributed by atoms with Crippen LogP contribution in [0.4, 0.5) is 13.2 Å². The topological polar surface area (TPSA) is 46.5 Å². The molecule has 1 N–H and O–H groups in total. The van der Waals surface area contributed by atoms with E-state index < -0.39 is 30.6 Å². The van der Waals surface area contributed by atoms with Gasteiger partial charge in [-0.15, -0.1) is 0 Å². The van der Waals surface area contributed by atoms with Gasteiger partial charge in [0.15, 0.2) is 0 Å². The molecule has 0 radical (unpaired) electrons. The molecule has 1 aromatic rings. The van der Waals surface area contributed by atoms with Gasteiger partial charge in [-0.1, -0.05) is 0 Å². The quantitative estimate of drug-likeness (QED) is 0.756. The van der Waals surface area contributed by atoms with Crippen LogP contribution in [0.1, 0.15) is 60.4 Å². The molecule has 3 nitrogen and oxygen atoms in total. The van der Waals surface area contributed by atoms with Crippen molar-refractivity contribution < 1.29 is 27.8 Å². The number of rotatable bonds is 7. The third-order valence-electron chi connectivity index (χ3n) is 5.55. The zero-order valence-electron chi connectivity index (χ0n) is 14.1. The van der Waals surface area contributed by atoms with Crippen molar-refractivity contribution in [1.29, 1.82) is 0 Å². The lowest BCUT2D eigenvalue weighted by Gasteiger charge is -2.36. The van der Waals surface area contributed by atoms with E-state index in [0.29, 0.717) is 38.0 Å². The molecule has 2 saturated carbocycles. The van der Waals surface area contributed by atoms with E-state index in [4.69, 9.17) is 9.84 Å². The number of benzene rings is 1. The summed E-state index contributed by atoms with van der Waals surface area (Å²) in [5.74, 6) is -1.28. The van der Waals surface area contributed by atoms with Gasteiger partial charge in [0.2, 0.25) is 0 Å². The van der Waals surface area contributed by atoms with E-state index in [1.165, 1.54) is 6.07 Å². The Labute approximate surface area is 145 Å². The van der Waals surface area contributed by atoms with Crippen molar-refractivity contribution in [2.75, 3.05) is 20.0 Å². The number of aromatic carboxylic acids is 1. The number of ether oxygens (including phenoxy) is 1. The molecule has 0 aromatic heterocycles. The molecule has 1 aromatic carbocycles. The number of hydrogen-bond donors (Lipinski definition) is 1. The maximum absolute atomic E-state index is 14.0. The summed E-state index contributed by atoms with van der Waals surface area (Å²) in [5, 5.41) is 9.07. The Morgan fingerprint density at radius 3 is 2.32 bits per heavy atom. The fourth-order valence-electron chi connectivity index (χ4n) is 3.54. The summed E-state index contributed by atoms with van der Waals surface area (Å²) in [7, 11) is 0. The van der Waals surface area contributed by atoms with Gasteiger partial charge in [-0.2, -0.15) is 0 Å². The van der Waals surface area contributed by atoms with E-state index in [1.54, 1.807) is 0 Å². The van der Waals surface area contributed by atoms with Gasteiger partial charge in [0.05, 0.1) is 25.5 Å². The van der Waals surface area contributed by atoms with Crippen LogP contribution < -0.4 is 4.74 Å². The number of carboxylic acids is 1. The molecule has 6 heteroatoms. The summed E-state index contributed by atoms with van der Waals surface area (Å²) < 4.78 is 45.9. The molecule has 0 atom stereocenters. The van der Waals surface area contributed by atoms with E-state index in [-0.39, 0.29) is 17.4 Å². The van der Waals surface area contributed by atoms with Crippen molar-refractivity contribution in [3.05, 3.63) is 29.1 Å². The lowest BCUT2D eigenvalue weighted by atomic mass is 9.72. The standard InChI is InChI=1S/C19H23F3O3/c20-10-19(11-21)5-3-12(4-6-19)9-25-17-8-16(22)15(18(23)24)7-14(17)13-1-2-13/h7-8,12-13H,1-6,9-11H2,(H,23,24). The van der Waals surface area contributed by atoms with Gasteiger partial charge >= 0.3 is 5.97 Å². The molecule has 2 fully saturated rings. The summed E-state index contributed by atoms with van der Waals surface area (Å²) in [4.78, 5) is 11.1. The van der Waals surface area contributed by atoms with Crippen LogP contribution in [0.3, 0.4) is 0 Å². The van der Waals surface area contributed by atoms with Crippen molar-refractivity contribution in [2.24, 2.45) is 11.3 Å². The summed E-state index contributed by atoms with van der Waals surface area (Å²) in [6.07, 6.45) is 4.25. The summed E-state index contributed by atoms with van der Waals surface area (Å²) in [6, 6.07) is 2.54. The average molecular weight is 356 g/mol. The molecule has 25 heavy (non-hydrogen) atoms. The number of halogens is 3. The molecule has 0 saturated heterocycles. The van der Waals surface area contributed by atoms with E-state index >= 15 is 0 Å². The van der Waals surface area contributed by atoms with Crippen LogP contribution in [0.2, 0.25) is 0 Å². The lowest BCUT2D eigenvalue weighted by molar-refractivity contribution is 0.0638. The molecule has 0 unspecified atom stereocenters. The highest BCUT2D eigenvalue weighted by Gasteiger charge is 2.36. The molecule has 0 spiro atoms. The van der Waals surface area contributed by atoms with Gasteiger partial charge in [-0.25, -0.2) is 9.18 Å². The molecule has 2 aliphatic rings. The van der Waals surface area contributed by atoms with Gasteiger partial charge in [0.1, 0.15) is 11.6 Å². The fraction of sp³-hybridized carbons (Fsp3) is 0.632. The van der Waals surface area contributed by atoms with E-state index in [2.05, 4.69) is 0 Å². The highest BCUT2D eigenvalue weighted by Crippen LogP contribution is 2.46. The van der Waals surface area contributed by atoms with Crippen LogP contribution >= 0.6 is 0 Å². The van der Waals surface area contributed by atoms with Gasteiger partial charge in [-0.05, 0) is 62.0 Å². The average Bonchev–Trinajstić information content (AvgIpc) is 3.45. The van der Waals surface area contributed by atoms with Crippen LogP contribution in [0.25, 0.3) is 0 Å².